The number of hydrogen-bond acceptors (Lipinski definition) is 2. The van der Waals surface area contributed by atoms with Crippen LogP contribution in [0.4, 0.5) is 0 Å². The van der Waals surface area contributed by atoms with Crippen molar-refractivity contribution in [2.75, 3.05) is 0 Å². The highest BCUT2D eigenvalue weighted by atomic mass is 16.1. The van der Waals surface area contributed by atoms with Crippen LogP contribution in [0.5, 0.6) is 0 Å². The Hall–Kier alpha value is -1.51. The third-order valence-corrected chi connectivity index (χ3v) is 6.22. The summed E-state index contributed by atoms with van der Waals surface area (Å²) in [5.74, 6) is 2.84. The molecule has 0 unspecified atom stereocenters. The molecule has 1 aromatic rings. The number of aromatic nitrogens is 1. The van der Waals surface area contributed by atoms with E-state index < -0.39 is 0 Å². The Balaban J connectivity index is 1.55. The molecule has 116 valence electrons. The summed E-state index contributed by atoms with van der Waals surface area (Å²) in [6, 6.07) is 3.68. The van der Waals surface area contributed by atoms with Gasteiger partial charge in [0.15, 0.2) is 18.2 Å². The summed E-state index contributed by atoms with van der Waals surface area (Å²) in [6.45, 7) is 1.99. The summed E-state index contributed by atoms with van der Waals surface area (Å²) in [5.41, 5.74) is 0.634. The molecular formula is C19H24NO2+. The second kappa shape index (κ2) is 5.00. The number of hydrogen-bond donors (Lipinski definition) is 0. The van der Waals surface area contributed by atoms with Crippen LogP contribution >= 0.6 is 0 Å². The average Bonchev–Trinajstić information content (AvgIpc) is 2.46. The van der Waals surface area contributed by atoms with Crippen LogP contribution in [-0.4, -0.2) is 11.6 Å². The number of carbonyl (C=O) groups excluding carboxylic acids is 2. The predicted molar refractivity (Wildman–Crippen MR) is 82.3 cm³/mol. The molecule has 0 N–H and O–H groups in total. The van der Waals surface area contributed by atoms with Crippen LogP contribution in [0.3, 0.4) is 0 Å². The van der Waals surface area contributed by atoms with Crippen molar-refractivity contribution in [3.05, 3.63) is 30.1 Å². The van der Waals surface area contributed by atoms with Gasteiger partial charge in [0.1, 0.15) is 0 Å². The minimum atomic E-state index is -0.0476. The second-order valence-corrected chi connectivity index (χ2v) is 7.94. The number of rotatable bonds is 4. The van der Waals surface area contributed by atoms with Crippen molar-refractivity contribution in [3.8, 4) is 0 Å². The van der Waals surface area contributed by atoms with E-state index in [1.54, 1.807) is 6.92 Å². The lowest BCUT2D eigenvalue weighted by molar-refractivity contribution is -0.685. The summed E-state index contributed by atoms with van der Waals surface area (Å²) in [7, 11) is 0. The van der Waals surface area contributed by atoms with Gasteiger partial charge in [-0.05, 0) is 69.3 Å². The predicted octanol–water partition coefficient (Wildman–Crippen LogP) is 2.96. The van der Waals surface area contributed by atoms with E-state index in [2.05, 4.69) is 0 Å². The summed E-state index contributed by atoms with van der Waals surface area (Å²) in [6.07, 6.45) is 11.2. The first-order valence-electron chi connectivity index (χ1n) is 8.57. The maximum absolute atomic E-state index is 13.0. The number of pyridine rings is 1. The zero-order valence-electron chi connectivity index (χ0n) is 13.3. The molecule has 4 fully saturated rings. The van der Waals surface area contributed by atoms with Crippen molar-refractivity contribution >= 4 is 11.6 Å². The highest BCUT2D eigenvalue weighted by molar-refractivity contribution is 5.93. The average molecular weight is 298 g/mol. The zero-order valence-corrected chi connectivity index (χ0v) is 13.3. The van der Waals surface area contributed by atoms with Crippen molar-refractivity contribution in [1.29, 1.82) is 0 Å². The van der Waals surface area contributed by atoms with Crippen molar-refractivity contribution < 1.29 is 14.2 Å². The van der Waals surface area contributed by atoms with Crippen molar-refractivity contribution in [3.63, 3.8) is 0 Å². The van der Waals surface area contributed by atoms with Crippen LogP contribution in [0.15, 0.2) is 24.5 Å². The van der Waals surface area contributed by atoms with Gasteiger partial charge in [0.2, 0.25) is 12.3 Å². The summed E-state index contributed by atoms with van der Waals surface area (Å²) < 4.78 is 1.90. The monoisotopic (exact) mass is 298 g/mol. The Kier molecular flexibility index (Phi) is 3.21. The maximum atomic E-state index is 13.0. The molecule has 4 aliphatic rings. The lowest BCUT2D eigenvalue weighted by Crippen LogP contribution is -2.53. The maximum Gasteiger partial charge on any atom is 0.207 e. The number of nitrogens with zero attached hydrogens (tertiary/aromatic N) is 1. The molecule has 4 bridgehead atoms. The van der Waals surface area contributed by atoms with Gasteiger partial charge in [-0.3, -0.25) is 9.59 Å². The first-order chi connectivity index (χ1) is 10.5. The van der Waals surface area contributed by atoms with Crippen molar-refractivity contribution in [1.82, 2.24) is 0 Å². The first kappa shape index (κ1) is 14.1. The van der Waals surface area contributed by atoms with Gasteiger partial charge in [-0.15, -0.1) is 0 Å². The van der Waals surface area contributed by atoms with Crippen LogP contribution in [0, 0.1) is 23.2 Å². The Morgan fingerprint density at radius 2 is 1.73 bits per heavy atom. The molecule has 5 rings (SSSR count). The first-order valence-corrected chi connectivity index (χ1v) is 8.57. The molecule has 3 nitrogen and oxygen atoms in total. The topological polar surface area (TPSA) is 38.0 Å². The van der Waals surface area contributed by atoms with Crippen LogP contribution < -0.4 is 4.57 Å². The van der Waals surface area contributed by atoms with Gasteiger partial charge in [-0.2, -0.15) is 4.57 Å². The van der Waals surface area contributed by atoms with Crippen LogP contribution in [0.25, 0.3) is 0 Å². The van der Waals surface area contributed by atoms with Gasteiger partial charge < -0.3 is 0 Å². The zero-order chi connectivity index (χ0) is 15.3. The molecule has 0 amide bonds. The van der Waals surface area contributed by atoms with Gasteiger partial charge >= 0.3 is 0 Å². The fourth-order valence-electron chi connectivity index (χ4n) is 5.61. The largest absolute Gasteiger partial charge is 0.294 e. The third-order valence-electron chi connectivity index (χ3n) is 6.22. The van der Waals surface area contributed by atoms with E-state index in [0.29, 0.717) is 17.9 Å². The summed E-state index contributed by atoms with van der Waals surface area (Å²) >= 11 is 0. The van der Waals surface area contributed by atoms with E-state index in [4.69, 9.17) is 0 Å². The summed E-state index contributed by atoms with van der Waals surface area (Å²) in [4.78, 5) is 24.5. The van der Waals surface area contributed by atoms with Gasteiger partial charge in [0.25, 0.3) is 0 Å². The third kappa shape index (κ3) is 2.31. The van der Waals surface area contributed by atoms with E-state index >= 15 is 0 Å². The molecule has 0 radical (unpaired) electrons. The molecule has 1 heterocycles. The molecule has 4 saturated carbocycles. The van der Waals surface area contributed by atoms with E-state index in [1.165, 1.54) is 19.3 Å². The highest BCUT2D eigenvalue weighted by Crippen LogP contribution is 2.60. The molecule has 22 heavy (non-hydrogen) atoms. The minimum Gasteiger partial charge on any atom is -0.294 e. The van der Waals surface area contributed by atoms with E-state index in [0.717, 1.165) is 37.0 Å². The second-order valence-electron chi connectivity index (χ2n) is 7.94. The van der Waals surface area contributed by atoms with Crippen LogP contribution in [-0.2, 0) is 11.3 Å². The standard InChI is InChI=1S/C19H24NO2/c1-13(21)17-3-2-4-20(11-17)12-18(22)19-8-14-5-15(9-19)7-16(6-14)10-19/h2-4,11,14-16H,5-10,12H2,1H3/q+1. The lowest BCUT2D eigenvalue weighted by atomic mass is 9.48. The molecule has 4 aliphatic carbocycles. The molecule has 3 heteroatoms. The molecule has 0 aromatic carbocycles. The number of Topliss-reactive ketones (excluding diaryl/α,β-unsaturated/α-hetero) is 2. The SMILES string of the molecule is CC(=O)c1ccc[n+](CC(=O)C23CC4CC(CC(C4)C2)C3)c1. The normalized spacial score (nSPS) is 35.6. The Labute approximate surface area is 131 Å². The molecule has 1 aromatic heterocycles. The Morgan fingerprint density at radius 1 is 1.14 bits per heavy atom. The van der Waals surface area contributed by atoms with Crippen molar-refractivity contribution in [2.24, 2.45) is 23.2 Å². The lowest BCUT2D eigenvalue weighted by Gasteiger charge is -2.55. The van der Waals surface area contributed by atoms with Gasteiger partial charge in [-0.1, -0.05) is 0 Å². The fraction of sp³-hybridized carbons (Fsp3) is 0.632. The molecule has 0 aliphatic heterocycles. The fourth-order valence-corrected chi connectivity index (χ4v) is 5.61. The molecule has 0 spiro atoms. The van der Waals surface area contributed by atoms with Gasteiger partial charge in [-0.25, -0.2) is 0 Å². The van der Waals surface area contributed by atoms with E-state index in [9.17, 15) is 9.59 Å². The quantitative estimate of drug-likeness (QED) is 0.633. The number of ketones is 2. The Bertz CT molecular complexity index is 599. The van der Waals surface area contributed by atoms with Crippen LogP contribution in [0.1, 0.15) is 55.8 Å². The number of carbonyl (C=O) groups is 2. The summed E-state index contributed by atoms with van der Waals surface area (Å²) in [5, 5.41) is 0. The van der Waals surface area contributed by atoms with Gasteiger partial charge in [0, 0.05) is 11.5 Å². The van der Waals surface area contributed by atoms with Gasteiger partial charge in [0.05, 0.1) is 5.56 Å². The van der Waals surface area contributed by atoms with Crippen LogP contribution in [0.2, 0.25) is 0 Å². The van der Waals surface area contributed by atoms with Crippen molar-refractivity contribution in [2.45, 2.75) is 52.0 Å². The van der Waals surface area contributed by atoms with E-state index in [1.807, 2.05) is 29.1 Å². The molecule has 0 atom stereocenters. The Morgan fingerprint density at radius 3 is 2.27 bits per heavy atom. The molecular weight excluding hydrogens is 274 g/mol. The minimum absolute atomic E-state index is 0.0476. The smallest absolute Gasteiger partial charge is 0.207 e. The highest BCUT2D eigenvalue weighted by Gasteiger charge is 2.54. The van der Waals surface area contributed by atoms with E-state index in [-0.39, 0.29) is 11.2 Å². The molecule has 0 saturated heterocycles.